The fourth-order valence-corrected chi connectivity index (χ4v) is 4.07. The summed E-state index contributed by atoms with van der Waals surface area (Å²) < 4.78 is 0.121. The second-order valence-corrected chi connectivity index (χ2v) is 8.25. The van der Waals surface area contributed by atoms with Crippen LogP contribution in [0.15, 0.2) is 29.2 Å². The third-order valence-electron chi connectivity index (χ3n) is 4.03. The van der Waals surface area contributed by atoms with Gasteiger partial charge in [-0.05, 0) is 45.7 Å². The van der Waals surface area contributed by atoms with Crippen LogP contribution in [0.4, 0.5) is 0 Å². The van der Waals surface area contributed by atoms with E-state index >= 15 is 0 Å². The summed E-state index contributed by atoms with van der Waals surface area (Å²) in [5, 5.41) is 3.05. The molecule has 3 N–H and O–H groups in total. The fourth-order valence-electron chi connectivity index (χ4n) is 2.66. The number of rotatable bonds is 5. The zero-order valence-corrected chi connectivity index (χ0v) is 15.3. The van der Waals surface area contributed by atoms with Gasteiger partial charge in [-0.2, -0.15) is 0 Å². The minimum Gasteiger partial charge on any atom is -0.353 e. The Morgan fingerprint density at radius 3 is 2.32 bits per heavy atom. The second-order valence-electron chi connectivity index (χ2n) is 6.71. The Balaban J connectivity index is 0.00000242. The second kappa shape index (κ2) is 7.71. The number of halogens is 1. The minimum absolute atomic E-state index is 0. The number of aryl methyl sites for hydroxylation is 1. The van der Waals surface area contributed by atoms with Crippen molar-refractivity contribution in [3.63, 3.8) is 0 Å². The molecule has 0 spiro atoms. The van der Waals surface area contributed by atoms with Gasteiger partial charge >= 0.3 is 0 Å². The lowest BCUT2D eigenvalue weighted by Gasteiger charge is -2.30. The Hall–Kier alpha value is -0.710. The lowest BCUT2D eigenvalue weighted by Crippen LogP contribution is -2.52. The highest BCUT2D eigenvalue weighted by atomic mass is 35.5. The molecular formula is C17H27ClN2OS. The summed E-state index contributed by atoms with van der Waals surface area (Å²) in [6, 6.07) is 8.64. The standard InChI is InChI=1S/C17H26N2OS.ClH/c1-13-6-8-14(9-7-13)21-17(10-4-5-11-17)12-19-15(20)16(2,3)18;/h6-9H,4-5,10-12,18H2,1-3H3,(H,19,20);1H. The number of benzene rings is 1. The number of carbonyl (C=O) groups is 1. The van der Waals surface area contributed by atoms with Crippen molar-refractivity contribution in [1.82, 2.24) is 5.32 Å². The van der Waals surface area contributed by atoms with Crippen LogP contribution in [0.2, 0.25) is 0 Å². The topological polar surface area (TPSA) is 55.1 Å². The molecule has 0 heterocycles. The largest absolute Gasteiger partial charge is 0.353 e. The van der Waals surface area contributed by atoms with E-state index in [1.807, 2.05) is 11.8 Å². The number of hydrogen-bond acceptors (Lipinski definition) is 3. The summed E-state index contributed by atoms with van der Waals surface area (Å²) >= 11 is 1.90. The first-order valence-electron chi connectivity index (χ1n) is 7.64. The van der Waals surface area contributed by atoms with Crippen molar-refractivity contribution in [2.45, 2.75) is 61.6 Å². The molecule has 1 fully saturated rings. The van der Waals surface area contributed by atoms with Crippen molar-refractivity contribution in [3.05, 3.63) is 29.8 Å². The number of amides is 1. The Morgan fingerprint density at radius 2 is 1.82 bits per heavy atom. The molecule has 0 aliphatic heterocycles. The molecule has 1 aromatic rings. The molecular weight excluding hydrogens is 316 g/mol. The quantitative estimate of drug-likeness (QED) is 0.858. The molecule has 0 aromatic heterocycles. The molecule has 0 bridgehead atoms. The highest BCUT2D eigenvalue weighted by Crippen LogP contribution is 2.44. The third-order valence-corrected chi connectivity index (χ3v) is 5.52. The van der Waals surface area contributed by atoms with E-state index in [9.17, 15) is 4.79 Å². The highest BCUT2D eigenvalue weighted by molar-refractivity contribution is 8.00. The number of carbonyl (C=O) groups excluding carboxylic acids is 1. The summed E-state index contributed by atoms with van der Waals surface area (Å²) in [6.07, 6.45) is 4.77. The summed E-state index contributed by atoms with van der Waals surface area (Å²) in [5.41, 5.74) is 6.32. The zero-order valence-electron chi connectivity index (χ0n) is 13.6. The van der Waals surface area contributed by atoms with E-state index in [1.165, 1.54) is 23.3 Å². The average Bonchev–Trinajstić information content (AvgIpc) is 2.87. The van der Waals surface area contributed by atoms with Gasteiger partial charge in [0.25, 0.3) is 0 Å². The molecule has 0 atom stereocenters. The molecule has 1 aromatic carbocycles. The maximum absolute atomic E-state index is 12.0. The molecule has 2 rings (SSSR count). The molecule has 1 aliphatic rings. The fraction of sp³-hybridized carbons (Fsp3) is 0.588. The van der Waals surface area contributed by atoms with Crippen LogP contribution in [-0.2, 0) is 4.79 Å². The Bertz CT molecular complexity index is 490. The van der Waals surface area contributed by atoms with E-state index in [4.69, 9.17) is 5.73 Å². The third kappa shape index (κ3) is 5.18. The molecule has 0 unspecified atom stereocenters. The summed E-state index contributed by atoms with van der Waals surface area (Å²) in [6.45, 7) is 6.29. The highest BCUT2D eigenvalue weighted by Gasteiger charge is 2.36. The van der Waals surface area contributed by atoms with E-state index < -0.39 is 5.54 Å². The van der Waals surface area contributed by atoms with E-state index in [2.05, 4.69) is 36.5 Å². The number of thioether (sulfide) groups is 1. The van der Waals surface area contributed by atoms with Crippen molar-refractivity contribution in [3.8, 4) is 0 Å². The first-order chi connectivity index (χ1) is 9.81. The normalized spacial score (nSPS) is 16.9. The van der Waals surface area contributed by atoms with E-state index in [0.29, 0.717) is 6.54 Å². The van der Waals surface area contributed by atoms with Crippen LogP contribution < -0.4 is 11.1 Å². The van der Waals surface area contributed by atoms with Crippen molar-refractivity contribution in [1.29, 1.82) is 0 Å². The van der Waals surface area contributed by atoms with Gasteiger partial charge in [-0.3, -0.25) is 4.79 Å². The van der Waals surface area contributed by atoms with Crippen LogP contribution in [0, 0.1) is 6.92 Å². The van der Waals surface area contributed by atoms with Crippen molar-refractivity contribution in [2.75, 3.05) is 6.54 Å². The van der Waals surface area contributed by atoms with Gasteiger partial charge in [-0.25, -0.2) is 0 Å². The maximum atomic E-state index is 12.0. The van der Waals surface area contributed by atoms with Gasteiger partial charge in [0, 0.05) is 16.2 Å². The predicted octanol–water partition coefficient (Wildman–Crippen LogP) is 3.68. The van der Waals surface area contributed by atoms with Crippen molar-refractivity contribution in [2.24, 2.45) is 5.73 Å². The Morgan fingerprint density at radius 1 is 1.27 bits per heavy atom. The SMILES string of the molecule is Cc1ccc(SC2(CNC(=O)C(C)(C)N)CCCC2)cc1.Cl. The number of nitrogens with one attached hydrogen (secondary N) is 1. The lowest BCUT2D eigenvalue weighted by molar-refractivity contribution is -0.125. The van der Waals surface area contributed by atoms with Gasteiger partial charge in [0.1, 0.15) is 0 Å². The monoisotopic (exact) mass is 342 g/mol. The molecule has 1 aliphatic carbocycles. The Kier molecular flexibility index (Phi) is 6.78. The van der Waals surface area contributed by atoms with Crippen LogP contribution in [0.5, 0.6) is 0 Å². The lowest BCUT2D eigenvalue weighted by atomic mass is 10.0. The van der Waals surface area contributed by atoms with E-state index in [0.717, 1.165) is 12.8 Å². The molecule has 5 heteroatoms. The van der Waals surface area contributed by atoms with Crippen LogP contribution in [0.1, 0.15) is 45.1 Å². The van der Waals surface area contributed by atoms with Gasteiger partial charge in [0.05, 0.1) is 5.54 Å². The first-order valence-corrected chi connectivity index (χ1v) is 8.45. The van der Waals surface area contributed by atoms with Crippen LogP contribution in [0.3, 0.4) is 0 Å². The number of hydrogen-bond donors (Lipinski definition) is 2. The predicted molar refractivity (Wildman–Crippen MR) is 96.8 cm³/mol. The van der Waals surface area contributed by atoms with Gasteiger partial charge in [-0.15, -0.1) is 24.2 Å². The van der Waals surface area contributed by atoms with Gasteiger partial charge in [0.2, 0.25) is 5.91 Å². The van der Waals surface area contributed by atoms with E-state index in [-0.39, 0.29) is 23.1 Å². The van der Waals surface area contributed by atoms with Crippen molar-refractivity contribution >= 4 is 30.1 Å². The van der Waals surface area contributed by atoms with Crippen LogP contribution in [0.25, 0.3) is 0 Å². The first kappa shape index (κ1) is 19.3. The number of nitrogens with two attached hydrogens (primary N) is 1. The van der Waals surface area contributed by atoms with Crippen LogP contribution >= 0.6 is 24.2 Å². The maximum Gasteiger partial charge on any atom is 0.239 e. The van der Waals surface area contributed by atoms with Gasteiger partial charge < -0.3 is 11.1 Å². The molecule has 0 saturated heterocycles. The minimum atomic E-state index is -0.811. The average molecular weight is 343 g/mol. The van der Waals surface area contributed by atoms with Gasteiger partial charge in [0.15, 0.2) is 0 Å². The van der Waals surface area contributed by atoms with Crippen molar-refractivity contribution < 1.29 is 4.79 Å². The zero-order chi connectivity index (χ0) is 15.5. The summed E-state index contributed by atoms with van der Waals surface area (Å²) in [5.74, 6) is -0.0710. The molecule has 1 amide bonds. The molecule has 124 valence electrons. The summed E-state index contributed by atoms with van der Waals surface area (Å²) in [4.78, 5) is 13.3. The molecule has 1 saturated carbocycles. The van der Waals surface area contributed by atoms with Crippen LogP contribution in [-0.4, -0.2) is 22.7 Å². The molecule has 0 radical (unpaired) electrons. The Labute approximate surface area is 144 Å². The summed E-state index contributed by atoms with van der Waals surface area (Å²) in [7, 11) is 0. The van der Waals surface area contributed by atoms with E-state index in [1.54, 1.807) is 13.8 Å². The smallest absolute Gasteiger partial charge is 0.239 e. The molecule has 3 nitrogen and oxygen atoms in total. The molecule has 22 heavy (non-hydrogen) atoms. The van der Waals surface area contributed by atoms with Gasteiger partial charge in [-0.1, -0.05) is 30.5 Å².